The maximum Gasteiger partial charge on any atom is 0.163 e. The highest BCUT2D eigenvalue weighted by Gasteiger charge is 2.18. The first-order chi connectivity index (χ1) is 13.8. The monoisotopic (exact) mass is 371 g/mol. The predicted molar refractivity (Wildman–Crippen MR) is 109 cm³/mol. The van der Waals surface area contributed by atoms with Crippen molar-refractivity contribution in [1.82, 2.24) is 30.2 Å². The molecule has 7 nitrogen and oxygen atoms in total. The molecule has 3 aromatic heterocycles. The summed E-state index contributed by atoms with van der Waals surface area (Å²) in [5.41, 5.74) is 6.39. The van der Waals surface area contributed by atoms with Gasteiger partial charge in [0, 0.05) is 30.1 Å². The van der Waals surface area contributed by atoms with Crippen LogP contribution in [0.2, 0.25) is 0 Å². The Kier molecular flexibility index (Phi) is 4.21. The van der Waals surface area contributed by atoms with Gasteiger partial charge in [-0.25, -0.2) is 15.0 Å². The van der Waals surface area contributed by atoms with Gasteiger partial charge in [-0.15, -0.1) is 0 Å². The Morgan fingerprint density at radius 3 is 3.00 bits per heavy atom. The molecule has 1 aliphatic heterocycles. The van der Waals surface area contributed by atoms with Crippen LogP contribution in [0, 0.1) is 6.92 Å². The second kappa shape index (κ2) is 7.01. The topological polar surface area (TPSA) is 91.4 Å². The highest BCUT2D eigenvalue weighted by Crippen LogP contribution is 2.25. The number of imidazole rings is 1. The molecular formula is C21H21N7. The van der Waals surface area contributed by atoms with Crippen molar-refractivity contribution in [2.45, 2.75) is 26.4 Å². The van der Waals surface area contributed by atoms with E-state index in [1.807, 2.05) is 18.2 Å². The molecule has 1 aliphatic rings. The van der Waals surface area contributed by atoms with Gasteiger partial charge in [0.15, 0.2) is 5.82 Å². The third-order valence-corrected chi connectivity index (χ3v) is 4.97. The largest absolute Gasteiger partial charge is 0.362 e. The van der Waals surface area contributed by atoms with Crippen LogP contribution in [0.15, 0.2) is 42.7 Å². The first kappa shape index (κ1) is 16.8. The number of hydrogen-bond donors (Lipinski definition) is 3. The van der Waals surface area contributed by atoms with E-state index < -0.39 is 0 Å². The number of hydrogen-bond acceptors (Lipinski definition) is 6. The van der Waals surface area contributed by atoms with Gasteiger partial charge in [-0.3, -0.25) is 4.98 Å². The number of aromatic nitrogens is 5. The summed E-state index contributed by atoms with van der Waals surface area (Å²) in [6.45, 7) is 4.35. The minimum atomic E-state index is 0.580. The molecule has 0 spiro atoms. The maximum atomic E-state index is 4.81. The average molecular weight is 371 g/mol. The molecule has 4 aromatic rings. The number of nitrogens with zero attached hydrogens (tertiary/aromatic N) is 4. The van der Waals surface area contributed by atoms with Gasteiger partial charge in [-0.05, 0) is 49.7 Å². The second-order valence-corrected chi connectivity index (χ2v) is 7.05. The van der Waals surface area contributed by atoms with Crippen LogP contribution in [-0.2, 0) is 19.5 Å². The Hall–Kier alpha value is -3.32. The number of rotatable bonds is 4. The van der Waals surface area contributed by atoms with Gasteiger partial charge in [0.05, 0.1) is 23.3 Å². The lowest BCUT2D eigenvalue weighted by atomic mass is 10.1. The number of anilines is 1. The van der Waals surface area contributed by atoms with E-state index >= 15 is 0 Å². The molecule has 0 bridgehead atoms. The van der Waals surface area contributed by atoms with Gasteiger partial charge < -0.3 is 15.6 Å². The fourth-order valence-electron chi connectivity index (χ4n) is 3.56. The maximum absolute atomic E-state index is 4.81. The molecule has 1 aromatic carbocycles. The third kappa shape index (κ3) is 3.20. The van der Waals surface area contributed by atoms with E-state index in [9.17, 15) is 0 Å². The molecule has 5 rings (SSSR count). The van der Waals surface area contributed by atoms with Gasteiger partial charge in [-0.1, -0.05) is 6.07 Å². The minimum Gasteiger partial charge on any atom is -0.362 e. The van der Waals surface area contributed by atoms with E-state index in [-0.39, 0.29) is 0 Å². The SMILES string of the molecule is Cc1ccc2nc(CNc3nc(-c4cccnc4)nc4c3CCNC4)[nH]c2c1. The number of pyridine rings is 1. The van der Waals surface area contributed by atoms with E-state index in [0.717, 1.165) is 53.4 Å². The van der Waals surface area contributed by atoms with Gasteiger partial charge in [0.1, 0.15) is 11.6 Å². The summed E-state index contributed by atoms with van der Waals surface area (Å²) < 4.78 is 0. The number of nitrogens with one attached hydrogen (secondary N) is 3. The van der Waals surface area contributed by atoms with Crippen LogP contribution in [-0.4, -0.2) is 31.5 Å². The summed E-state index contributed by atoms with van der Waals surface area (Å²) in [5, 5.41) is 6.87. The summed E-state index contributed by atoms with van der Waals surface area (Å²) in [4.78, 5) is 21.8. The molecule has 0 amide bonds. The van der Waals surface area contributed by atoms with Crippen LogP contribution >= 0.6 is 0 Å². The molecule has 0 atom stereocenters. The Balaban J connectivity index is 1.47. The number of aryl methyl sites for hydroxylation is 1. The summed E-state index contributed by atoms with van der Waals surface area (Å²) in [6.07, 6.45) is 4.46. The zero-order valence-corrected chi connectivity index (χ0v) is 15.7. The van der Waals surface area contributed by atoms with Gasteiger partial charge >= 0.3 is 0 Å². The molecule has 0 saturated carbocycles. The normalized spacial score (nSPS) is 13.5. The predicted octanol–water partition coefficient (Wildman–Crippen LogP) is 2.98. The van der Waals surface area contributed by atoms with Crippen LogP contribution in [0.1, 0.15) is 22.6 Å². The Bertz CT molecular complexity index is 1130. The van der Waals surface area contributed by atoms with Crippen molar-refractivity contribution < 1.29 is 0 Å². The van der Waals surface area contributed by atoms with E-state index in [0.29, 0.717) is 12.4 Å². The van der Waals surface area contributed by atoms with Crippen LogP contribution in [0.3, 0.4) is 0 Å². The molecule has 0 fully saturated rings. The molecule has 28 heavy (non-hydrogen) atoms. The number of H-pyrrole nitrogens is 1. The van der Waals surface area contributed by atoms with Crippen LogP contribution < -0.4 is 10.6 Å². The lowest BCUT2D eigenvalue weighted by molar-refractivity contribution is 0.625. The first-order valence-corrected chi connectivity index (χ1v) is 9.46. The average Bonchev–Trinajstić information content (AvgIpc) is 3.14. The van der Waals surface area contributed by atoms with Crippen molar-refractivity contribution in [1.29, 1.82) is 0 Å². The van der Waals surface area contributed by atoms with Crippen molar-refractivity contribution in [3.8, 4) is 11.4 Å². The molecule has 140 valence electrons. The first-order valence-electron chi connectivity index (χ1n) is 9.46. The molecular weight excluding hydrogens is 350 g/mol. The van der Waals surface area contributed by atoms with Crippen molar-refractivity contribution >= 4 is 16.9 Å². The van der Waals surface area contributed by atoms with Crippen LogP contribution in [0.5, 0.6) is 0 Å². The van der Waals surface area contributed by atoms with Gasteiger partial charge in [0.2, 0.25) is 0 Å². The van der Waals surface area contributed by atoms with Crippen molar-refractivity contribution in [3.63, 3.8) is 0 Å². The molecule has 0 aliphatic carbocycles. The second-order valence-electron chi connectivity index (χ2n) is 7.05. The van der Waals surface area contributed by atoms with E-state index in [2.05, 4.69) is 44.6 Å². The molecule has 3 N–H and O–H groups in total. The highest BCUT2D eigenvalue weighted by atomic mass is 15.1. The Labute approximate surface area is 162 Å². The summed E-state index contributed by atoms with van der Waals surface area (Å²) in [5.74, 6) is 2.46. The van der Waals surface area contributed by atoms with Crippen molar-refractivity contribution in [2.75, 3.05) is 11.9 Å². The summed E-state index contributed by atoms with van der Waals surface area (Å²) >= 11 is 0. The molecule has 0 radical (unpaired) electrons. The standard InChI is InChI=1S/C21H21N7/c1-13-4-5-16-17(9-13)26-19(25-16)12-24-21-15-6-8-23-11-18(15)27-20(28-21)14-3-2-7-22-10-14/h2-5,7,9-10,23H,6,8,11-12H2,1H3,(H,25,26)(H,24,27,28). The van der Waals surface area contributed by atoms with E-state index in [4.69, 9.17) is 9.97 Å². The van der Waals surface area contributed by atoms with Crippen LogP contribution in [0.4, 0.5) is 5.82 Å². The zero-order chi connectivity index (χ0) is 18.9. The van der Waals surface area contributed by atoms with E-state index in [1.165, 1.54) is 11.1 Å². The fourth-order valence-corrected chi connectivity index (χ4v) is 3.56. The van der Waals surface area contributed by atoms with Crippen molar-refractivity contribution in [3.05, 3.63) is 65.4 Å². The fraction of sp³-hybridized carbons (Fsp3) is 0.238. The van der Waals surface area contributed by atoms with Crippen molar-refractivity contribution in [2.24, 2.45) is 0 Å². The number of benzene rings is 1. The Morgan fingerprint density at radius 1 is 1.14 bits per heavy atom. The summed E-state index contributed by atoms with van der Waals surface area (Å²) in [6, 6.07) is 10.1. The molecule has 7 heteroatoms. The lowest BCUT2D eigenvalue weighted by Gasteiger charge is -2.20. The van der Waals surface area contributed by atoms with Gasteiger partial charge in [-0.2, -0.15) is 0 Å². The third-order valence-electron chi connectivity index (χ3n) is 4.97. The molecule has 4 heterocycles. The minimum absolute atomic E-state index is 0.580. The lowest BCUT2D eigenvalue weighted by Crippen LogP contribution is -2.26. The Morgan fingerprint density at radius 2 is 2.11 bits per heavy atom. The van der Waals surface area contributed by atoms with Crippen LogP contribution in [0.25, 0.3) is 22.4 Å². The number of aromatic amines is 1. The molecule has 0 saturated heterocycles. The smallest absolute Gasteiger partial charge is 0.163 e. The quantitative estimate of drug-likeness (QED) is 0.511. The molecule has 0 unspecified atom stereocenters. The summed E-state index contributed by atoms with van der Waals surface area (Å²) in [7, 11) is 0. The number of fused-ring (bicyclic) bond motifs is 2. The zero-order valence-electron chi connectivity index (χ0n) is 15.7. The van der Waals surface area contributed by atoms with Gasteiger partial charge in [0.25, 0.3) is 0 Å². The van der Waals surface area contributed by atoms with E-state index in [1.54, 1.807) is 12.4 Å². The highest BCUT2D eigenvalue weighted by molar-refractivity contribution is 5.75.